The van der Waals surface area contributed by atoms with E-state index in [1.807, 2.05) is 0 Å². The van der Waals surface area contributed by atoms with E-state index < -0.39 is 63.6 Å². The molecule has 0 saturated carbocycles. The molecule has 0 aliphatic rings. The van der Waals surface area contributed by atoms with E-state index in [9.17, 15) is 0 Å². The molecule has 0 saturated heterocycles. The summed E-state index contributed by atoms with van der Waals surface area (Å²) in [5.41, 5.74) is 0. The van der Waals surface area contributed by atoms with E-state index in [1.165, 1.54) is 54.2 Å². The smallest absolute Gasteiger partial charge is 0.00405 e. The van der Waals surface area contributed by atoms with Crippen LogP contribution >= 0.6 is 69.8 Å². The molecule has 326 valence electrons. The van der Waals surface area contributed by atoms with Crippen LogP contribution in [0.5, 0.6) is 0 Å². The van der Waals surface area contributed by atoms with Gasteiger partial charge in [0.15, 0.2) is 0 Å². The Morgan fingerprint density at radius 3 is 0.438 bits per heavy atom. The van der Waals surface area contributed by atoms with Crippen LogP contribution in [0, 0.1) is 13.3 Å². The van der Waals surface area contributed by atoms with Crippen molar-refractivity contribution in [3.63, 3.8) is 0 Å². The van der Waals surface area contributed by atoms with Gasteiger partial charge in [0, 0.05) is 11.8 Å². The predicted molar refractivity (Wildman–Crippen MR) is 277 cm³/mol. The van der Waals surface area contributed by atoms with Crippen molar-refractivity contribution in [3.8, 4) is 0 Å². The summed E-state index contributed by atoms with van der Waals surface area (Å²) in [6.45, 7) is 9.00. The molecule has 12 heteroatoms. The number of hydrogen-bond acceptors (Lipinski definition) is 0. The maximum absolute atomic E-state index is 7.50. The van der Waals surface area contributed by atoms with Crippen molar-refractivity contribution in [2.24, 2.45) is 0 Å². The molecular weight excluding hydrogens is 1290 g/mol. The molecule has 2 nitrogen and oxygen atoms in total. The van der Waals surface area contributed by atoms with Crippen LogP contribution in [0.25, 0.3) is 0 Å². The van der Waals surface area contributed by atoms with Gasteiger partial charge in [-0.1, -0.05) is 243 Å². The Bertz CT molecular complexity index is 1890. The molecular formula is C52H44Cl4O2P4Re2. The van der Waals surface area contributed by atoms with Gasteiger partial charge in [0.1, 0.15) is 0 Å². The molecule has 0 fully saturated rings. The van der Waals surface area contributed by atoms with Crippen molar-refractivity contribution < 1.29 is 41.2 Å². The van der Waals surface area contributed by atoms with E-state index in [0.717, 1.165) is 0 Å². The van der Waals surface area contributed by atoms with E-state index in [4.69, 9.17) is 47.4 Å². The van der Waals surface area contributed by atoms with Gasteiger partial charge in [-0.3, -0.25) is 0 Å². The molecule has 8 aromatic rings. The van der Waals surface area contributed by atoms with Gasteiger partial charge in [-0.05, 0) is 74.1 Å². The quantitative estimate of drug-likeness (QED) is 0.0664. The van der Waals surface area contributed by atoms with Crippen LogP contribution in [0.4, 0.5) is 0 Å². The molecule has 0 bridgehead atoms. The summed E-state index contributed by atoms with van der Waals surface area (Å²) < 4.78 is 15.0. The summed E-state index contributed by atoms with van der Waals surface area (Å²) in [6, 6.07) is 88.3. The average Bonchev–Trinajstić information content (AvgIpc) is 3.39. The number of rotatable bonds is 12. The van der Waals surface area contributed by atoms with E-state index in [2.05, 4.69) is 256 Å². The van der Waals surface area contributed by atoms with Gasteiger partial charge in [-0.2, -0.15) is 0 Å². The Labute approximate surface area is 417 Å². The molecule has 0 radical (unpaired) electrons. The minimum absolute atomic E-state index is 0.409. The molecule has 8 aromatic carbocycles. The first kappa shape index (κ1) is 55.8. The van der Waals surface area contributed by atoms with Crippen molar-refractivity contribution in [3.05, 3.63) is 256 Å². The van der Waals surface area contributed by atoms with E-state index in [1.54, 1.807) is 0 Å². The summed E-state index contributed by atoms with van der Waals surface area (Å²) in [7, 11) is 18.0. The summed E-state index contributed by atoms with van der Waals surface area (Å²) >= 11 is -1.44. The first-order valence-corrected chi connectivity index (χ1v) is 38.9. The maximum atomic E-state index is 7.50. The van der Waals surface area contributed by atoms with Crippen LogP contribution in [-0.4, -0.2) is 11.8 Å². The Hall–Kier alpha value is -2.56. The van der Waals surface area contributed by atoms with E-state index in [-0.39, 0.29) is 0 Å². The molecule has 0 amide bonds. The monoisotopic (exact) mass is 1340 g/mol. The molecule has 0 aliphatic heterocycles. The average molecular weight is 1340 g/mol. The van der Waals surface area contributed by atoms with Crippen LogP contribution in [0.15, 0.2) is 243 Å². The second-order valence-corrected chi connectivity index (χ2v) is 30.5. The first-order valence-electron chi connectivity index (χ1n) is 19.3. The Balaban J connectivity index is 0.000000284. The van der Waals surface area contributed by atoms with E-state index >= 15 is 0 Å². The Kier molecular flexibility index (Phi) is 31.0. The Morgan fingerprint density at radius 1 is 0.250 bits per heavy atom. The van der Waals surface area contributed by atoms with Gasteiger partial charge >= 0.3 is 92.6 Å². The Morgan fingerprint density at radius 2 is 0.344 bits per heavy atom. The third-order valence-electron chi connectivity index (χ3n) is 9.11. The van der Waals surface area contributed by atoms with E-state index in [0.29, 0.717) is 0 Å². The van der Waals surface area contributed by atoms with Crippen molar-refractivity contribution in [1.29, 1.82) is 0 Å². The van der Waals surface area contributed by atoms with Crippen molar-refractivity contribution in [2.75, 3.05) is 11.8 Å². The molecule has 8 rings (SSSR count). The number of hydrogen-bond donors (Lipinski definition) is 0. The summed E-state index contributed by atoms with van der Waals surface area (Å²) in [5, 5.41) is 11.7. The molecule has 64 heavy (non-hydrogen) atoms. The van der Waals surface area contributed by atoms with Gasteiger partial charge in [0.05, 0.1) is 0 Å². The minimum Gasteiger partial charge on any atom is -0.0622 e. The van der Waals surface area contributed by atoms with Crippen molar-refractivity contribution >= 4 is 112 Å². The third kappa shape index (κ3) is 19.7. The topological polar surface area (TPSA) is 39.8 Å². The molecule has 0 N–H and O–H groups in total. The van der Waals surface area contributed by atoms with Crippen LogP contribution < -0.4 is 42.4 Å². The molecule has 0 spiro atoms. The maximum Gasteiger partial charge on any atom is 0.00405 e. The second kappa shape index (κ2) is 35.6. The molecule has 0 unspecified atom stereocenters. The zero-order valence-electron chi connectivity index (χ0n) is 34.4. The molecule has 0 aliphatic carbocycles. The zero-order valence-corrected chi connectivity index (χ0v) is 46.4. The summed E-state index contributed by atoms with van der Waals surface area (Å²) in [6.07, 6.45) is 0. The van der Waals surface area contributed by atoms with Crippen molar-refractivity contribution in [1.82, 2.24) is 0 Å². The van der Waals surface area contributed by atoms with Crippen LogP contribution in [0.1, 0.15) is 0 Å². The zero-order chi connectivity index (χ0) is 46.0. The van der Waals surface area contributed by atoms with Crippen molar-refractivity contribution in [2.45, 2.75) is 0 Å². The SMILES string of the molecule is [C-]#[O+].[C-]#[O+].[Cl][Re][Cl].[Cl][Re][Cl].c1ccc(P(CP(c2ccccc2)c2ccccc2)c2ccccc2)cc1.c1ccc(P(CP(c2ccccc2)c2ccccc2)c2ccccc2)cc1. The van der Waals surface area contributed by atoms with Gasteiger partial charge in [-0.25, -0.2) is 0 Å². The van der Waals surface area contributed by atoms with Gasteiger partial charge in [0.25, 0.3) is 0 Å². The van der Waals surface area contributed by atoms with Crippen LogP contribution in [0.3, 0.4) is 0 Å². The molecule has 0 aromatic heterocycles. The first-order chi connectivity index (χ1) is 31.7. The van der Waals surface area contributed by atoms with Crippen LogP contribution in [-0.2, 0) is 41.2 Å². The fraction of sp³-hybridized carbons (Fsp3) is 0.0385. The molecule has 0 atom stereocenters. The largest absolute Gasteiger partial charge is 0.0622 e. The summed E-state index contributed by atoms with van der Waals surface area (Å²) in [4.78, 5) is 0. The minimum atomic E-state index is -0.722. The van der Waals surface area contributed by atoms with Gasteiger partial charge in [0.2, 0.25) is 0 Å². The second-order valence-electron chi connectivity index (χ2n) is 12.8. The third-order valence-corrected chi connectivity index (χ3v) is 21.0. The number of halogens is 4. The molecule has 0 heterocycles. The van der Waals surface area contributed by atoms with Gasteiger partial charge in [-0.15, -0.1) is 0 Å². The fourth-order valence-corrected chi connectivity index (χ4v) is 19.3. The van der Waals surface area contributed by atoms with Gasteiger partial charge < -0.3 is 0 Å². The van der Waals surface area contributed by atoms with Crippen LogP contribution in [0.2, 0.25) is 0 Å². The number of benzene rings is 8. The summed E-state index contributed by atoms with van der Waals surface area (Å²) in [5.74, 6) is 2.35. The predicted octanol–water partition coefficient (Wildman–Crippen LogP) is 13.1. The normalized spacial score (nSPS) is 9.94. The fourth-order valence-electron chi connectivity index (χ4n) is 6.40. The standard InChI is InChI=1S/2C25H22P2.2CO.4ClH.2Re/c2*1-5-13-22(14-6-1)26(23-15-7-2-8-16-23)21-27(24-17-9-3-10-18-24)25-19-11-4-12-20-25;2*1-2;;;;;;/h2*1-20H,21H2;;;4*1H;;/q;;;;;;;;2*+2/p-4.